The fourth-order valence-corrected chi connectivity index (χ4v) is 2.48. The van der Waals surface area contributed by atoms with Crippen molar-refractivity contribution in [2.24, 2.45) is 5.92 Å². The Hall–Kier alpha value is -1.09. The molecule has 3 nitrogen and oxygen atoms in total. The molecule has 0 atom stereocenters. The summed E-state index contributed by atoms with van der Waals surface area (Å²) in [6, 6.07) is 3.66. The Kier molecular flexibility index (Phi) is 4.00. The number of amides is 1. The normalized spacial score (nSPS) is 17.2. The molecule has 2 rings (SSSR count). The number of nitrogens with zero attached hydrogens (tertiary/aromatic N) is 2. The van der Waals surface area contributed by atoms with Crippen molar-refractivity contribution in [2.75, 3.05) is 19.0 Å². The van der Waals surface area contributed by atoms with E-state index in [2.05, 4.69) is 4.98 Å². The number of carbonyl (C=O) groups excluding carboxylic acids is 1. The van der Waals surface area contributed by atoms with E-state index in [1.54, 1.807) is 6.20 Å². The van der Waals surface area contributed by atoms with Gasteiger partial charge in [-0.1, -0.05) is 0 Å². The van der Waals surface area contributed by atoms with Crippen molar-refractivity contribution in [3.63, 3.8) is 0 Å². The Morgan fingerprint density at radius 1 is 1.53 bits per heavy atom. The zero-order valence-corrected chi connectivity index (χ0v) is 10.8. The van der Waals surface area contributed by atoms with Crippen molar-refractivity contribution < 1.29 is 4.79 Å². The summed E-state index contributed by atoms with van der Waals surface area (Å²) in [5.74, 6) is 1.37. The van der Waals surface area contributed by atoms with E-state index in [4.69, 9.17) is 11.6 Å². The molecule has 1 aliphatic heterocycles. The van der Waals surface area contributed by atoms with Crippen LogP contribution in [0, 0.1) is 12.8 Å². The lowest BCUT2D eigenvalue weighted by Crippen LogP contribution is -2.39. The molecular weight excluding hydrogens is 236 g/mol. The van der Waals surface area contributed by atoms with Gasteiger partial charge in [0.1, 0.15) is 0 Å². The molecule has 2 heterocycles. The van der Waals surface area contributed by atoms with Crippen LogP contribution in [0.1, 0.15) is 28.9 Å². The van der Waals surface area contributed by atoms with Gasteiger partial charge in [-0.3, -0.25) is 9.78 Å². The van der Waals surface area contributed by atoms with Crippen LogP contribution in [0.5, 0.6) is 0 Å². The van der Waals surface area contributed by atoms with Gasteiger partial charge in [0.25, 0.3) is 5.91 Å². The van der Waals surface area contributed by atoms with Crippen molar-refractivity contribution >= 4 is 17.5 Å². The molecule has 0 aromatic carbocycles. The molecule has 92 valence electrons. The number of aromatic nitrogens is 1. The Morgan fingerprint density at radius 3 is 2.82 bits per heavy atom. The number of rotatable bonds is 2. The first kappa shape index (κ1) is 12.4. The average molecular weight is 253 g/mol. The molecule has 0 spiro atoms. The largest absolute Gasteiger partial charge is 0.339 e. The van der Waals surface area contributed by atoms with Gasteiger partial charge in [0.05, 0.1) is 5.56 Å². The molecule has 0 unspecified atom stereocenters. The van der Waals surface area contributed by atoms with Crippen LogP contribution in [0.4, 0.5) is 0 Å². The van der Waals surface area contributed by atoms with Gasteiger partial charge in [0.2, 0.25) is 0 Å². The molecule has 0 saturated carbocycles. The van der Waals surface area contributed by atoms with Crippen LogP contribution in [0.3, 0.4) is 0 Å². The lowest BCUT2D eigenvalue weighted by Gasteiger charge is -2.31. The van der Waals surface area contributed by atoms with E-state index in [1.165, 1.54) is 0 Å². The molecule has 1 amide bonds. The predicted molar refractivity (Wildman–Crippen MR) is 68.3 cm³/mol. The minimum absolute atomic E-state index is 0.101. The number of hydrogen-bond donors (Lipinski definition) is 0. The average Bonchev–Trinajstić information content (AvgIpc) is 2.39. The van der Waals surface area contributed by atoms with E-state index in [9.17, 15) is 4.79 Å². The first-order valence-corrected chi connectivity index (χ1v) is 6.52. The summed E-state index contributed by atoms with van der Waals surface area (Å²) in [7, 11) is 0. The summed E-state index contributed by atoms with van der Waals surface area (Å²) in [5, 5.41) is 0. The first-order chi connectivity index (χ1) is 8.22. The van der Waals surface area contributed by atoms with Gasteiger partial charge in [0, 0.05) is 30.9 Å². The second kappa shape index (κ2) is 5.50. The molecule has 0 N–H and O–H groups in total. The van der Waals surface area contributed by atoms with Crippen molar-refractivity contribution in [3.8, 4) is 0 Å². The van der Waals surface area contributed by atoms with E-state index < -0.39 is 0 Å². The van der Waals surface area contributed by atoms with Crippen LogP contribution in [-0.2, 0) is 0 Å². The number of alkyl halides is 1. The smallest absolute Gasteiger partial charge is 0.255 e. The summed E-state index contributed by atoms with van der Waals surface area (Å²) < 4.78 is 0. The van der Waals surface area contributed by atoms with Crippen LogP contribution in [0.2, 0.25) is 0 Å². The fourth-order valence-electron chi connectivity index (χ4n) is 2.17. The summed E-state index contributed by atoms with van der Waals surface area (Å²) in [5.41, 5.74) is 1.52. The monoisotopic (exact) mass is 252 g/mol. The molecule has 0 radical (unpaired) electrons. The molecule has 0 bridgehead atoms. The maximum absolute atomic E-state index is 12.3. The van der Waals surface area contributed by atoms with Crippen molar-refractivity contribution in [1.82, 2.24) is 9.88 Å². The second-order valence-electron chi connectivity index (χ2n) is 4.53. The molecule has 0 aliphatic carbocycles. The maximum atomic E-state index is 12.3. The highest BCUT2D eigenvalue weighted by atomic mass is 35.5. The highest BCUT2D eigenvalue weighted by Gasteiger charge is 2.23. The number of piperidine rings is 1. The van der Waals surface area contributed by atoms with Crippen LogP contribution in [-0.4, -0.2) is 34.8 Å². The third-order valence-electron chi connectivity index (χ3n) is 3.36. The zero-order valence-electron chi connectivity index (χ0n) is 10.0. The molecule has 1 aromatic rings. The summed E-state index contributed by atoms with van der Waals surface area (Å²) >= 11 is 5.84. The van der Waals surface area contributed by atoms with Gasteiger partial charge in [-0.15, -0.1) is 11.6 Å². The third kappa shape index (κ3) is 2.78. The van der Waals surface area contributed by atoms with Crippen molar-refractivity contribution in [2.45, 2.75) is 19.8 Å². The Morgan fingerprint density at radius 2 is 2.24 bits per heavy atom. The number of aryl methyl sites for hydroxylation is 1. The van der Waals surface area contributed by atoms with E-state index in [0.717, 1.165) is 37.2 Å². The molecule has 1 saturated heterocycles. The fraction of sp³-hybridized carbons (Fsp3) is 0.538. The standard InChI is InChI=1S/C13H17ClN2O/c1-10-12(3-2-6-15-10)13(17)16-7-4-11(9-14)5-8-16/h2-3,6,11H,4-5,7-9H2,1H3. The zero-order chi connectivity index (χ0) is 12.3. The van der Waals surface area contributed by atoms with Crippen molar-refractivity contribution in [3.05, 3.63) is 29.6 Å². The minimum Gasteiger partial charge on any atom is -0.339 e. The van der Waals surface area contributed by atoms with Gasteiger partial charge in [-0.05, 0) is 37.8 Å². The highest BCUT2D eigenvalue weighted by molar-refractivity contribution is 6.18. The summed E-state index contributed by atoms with van der Waals surface area (Å²) in [6.07, 6.45) is 3.73. The van der Waals surface area contributed by atoms with E-state index in [0.29, 0.717) is 11.8 Å². The van der Waals surface area contributed by atoms with Crippen molar-refractivity contribution in [1.29, 1.82) is 0 Å². The number of hydrogen-bond acceptors (Lipinski definition) is 2. The first-order valence-electron chi connectivity index (χ1n) is 5.99. The Labute approximate surface area is 107 Å². The molecule has 4 heteroatoms. The lowest BCUT2D eigenvalue weighted by atomic mass is 9.98. The molecule has 1 fully saturated rings. The summed E-state index contributed by atoms with van der Waals surface area (Å²) in [4.78, 5) is 18.3. The van der Waals surface area contributed by atoms with Gasteiger partial charge < -0.3 is 4.90 Å². The van der Waals surface area contributed by atoms with Gasteiger partial charge in [0.15, 0.2) is 0 Å². The van der Waals surface area contributed by atoms with E-state index in [-0.39, 0.29) is 5.91 Å². The Bertz CT molecular complexity index is 400. The topological polar surface area (TPSA) is 33.2 Å². The number of carbonyl (C=O) groups is 1. The van der Waals surface area contributed by atoms with Crippen LogP contribution in [0.25, 0.3) is 0 Å². The predicted octanol–water partition coefficient (Wildman–Crippen LogP) is 2.48. The quantitative estimate of drug-likeness (QED) is 0.758. The molecular formula is C13H17ClN2O. The highest BCUT2D eigenvalue weighted by Crippen LogP contribution is 2.20. The van der Waals surface area contributed by atoms with Gasteiger partial charge in [-0.25, -0.2) is 0 Å². The number of pyridine rings is 1. The van der Waals surface area contributed by atoms with Gasteiger partial charge >= 0.3 is 0 Å². The molecule has 1 aromatic heterocycles. The molecule has 1 aliphatic rings. The molecule has 17 heavy (non-hydrogen) atoms. The Balaban J connectivity index is 2.04. The van der Waals surface area contributed by atoms with E-state index >= 15 is 0 Å². The summed E-state index contributed by atoms with van der Waals surface area (Å²) in [6.45, 7) is 3.49. The number of likely N-dealkylation sites (tertiary alicyclic amines) is 1. The van der Waals surface area contributed by atoms with Crippen LogP contribution >= 0.6 is 11.6 Å². The van der Waals surface area contributed by atoms with Gasteiger partial charge in [-0.2, -0.15) is 0 Å². The van der Waals surface area contributed by atoms with Crippen LogP contribution < -0.4 is 0 Å². The van der Waals surface area contributed by atoms with E-state index in [1.807, 2.05) is 24.0 Å². The third-order valence-corrected chi connectivity index (χ3v) is 3.79. The maximum Gasteiger partial charge on any atom is 0.255 e. The number of halogens is 1. The second-order valence-corrected chi connectivity index (χ2v) is 4.83. The SMILES string of the molecule is Cc1ncccc1C(=O)N1CCC(CCl)CC1. The lowest BCUT2D eigenvalue weighted by molar-refractivity contribution is 0.0697. The van der Waals surface area contributed by atoms with Crippen LogP contribution in [0.15, 0.2) is 18.3 Å². The minimum atomic E-state index is 0.101.